The van der Waals surface area contributed by atoms with Crippen LogP contribution in [0.15, 0.2) is 29.4 Å². The Bertz CT molecular complexity index is 445. The van der Waals surface area contributed by atoms with Crippen LogP contribution in [0, 0.1) is 0 Å². The van der Waals surface area contributed by atoms with Gasteiger partial charge in [-0.1, -0.05) is 46.9 Å². The Kier molecular flexibility index (Phi) is 6.64. The smallest absolute Gasteiger partial charge is 0.175 e. The number of benzene rings is 1. The van der Waals surface area contributed by atoms with Crippen molar-refractivity contribution in [3.8, 4) is 0 Å². The third-order valence-corrected chi connectivity index (χ3v) is 3.89. The maximum Gasteiger partial charge on any atom is 0.175 e. The largest absolute Gasteiger partial charge is 0.395 e. The maximum absolute atomic E-state index is 6.06. The number of oxime groups is 1. The molecular weight excluding hydrogens is 295 g/mol. The number of piperidine rings is 1. The Balaban J connectivity index is 1.67. The molecule has 1 heterocycles. The molecule has 0 radical (unpaired) electrons. The fraction of sp³-hybridized carbons (Fsp3) is 0.533. The zero-order valence-electron chi connectivity index (χ0n) is 11.5. The number of hydrogen-bond donors (Lipinski definition) is 0. The lowest BCUT2D eigenvalue weighted by molar-refractivity contribution is 0.125. The van der Waals surface area contributed by atoms with Gasteiger partial charge in [0, 0.05) is 17.1 Å². The molecular formula is C15H20Cl2N2O. The van der Waals surface area contributed by atoms with Crippen molar-refractivity contribution in [2.75, 3.05) is 26.2 Å². The summed E-state index contributed by atoms with van der Waals surface area (Å²) in [6.07, 6.45) is 4.98. The zero-order valence-corrected chi connectivity index (χ0v) is 13.0. The molecule has 1 aromatic rings. The summed E-state index contributed by atoms with van der Waals surface area (Å²) in [7, 11) is 0. The number of nitrogens with zero attached hydrogens (tertiary/aromatic N) is 2. The van der Waals surface area contributed by atoms with Crippen LogP contribution in [0.25, 0.3) is 0 Å². The number of hydrogen-bond acceptors (Lipinski definition) is 3. The van der Waals surface area contributed by atoms with Crippen LogP contribution < -0.4 is 0 Å². The molecule has 0 unspecified atom stereocenters. The Morgan fingerprint density at radius 3 is 2.80 bits per heavy atom. The molecule has 0 aromatic heterocycles. The molecule has 1 fully saturated rings. The number of rotatable bonds is 6. The van der Waals surface area contributed by atoms with Crippen molar-refractivity contribution in [1.82, 2.24) is 4.90 Å². The van der Waals surface area contributed by atoms with Crippen molar-refractivity contribution >= 4 is 28.4 Å². The lowest BCUT2D eigenvalue weighted by Crippen LogP contribution is -2.31. The normalized spacial score (nSPS) is 17.2. The summed E-state index contributed by atoms with van der Waals surface area (Å²) in [5, 5.41) is 4.90. The van der Waals surface area contributed by atoms with Gasteiger partial charge in [-0.2, -0.15) is 0 Å². The van der Waals surface area contributed by atoms with Crippen molar-refractivity contribution in [2.45, 2.75) is 25.7 Å². The first-order valence-electron chi connectivity index (χ1n) is 7.09. The minimum Gasteiger partial charge on any atom is -0.395 e. The summed E-state index contributed by atoms with van der Waals surface area (Å²) >= 11 is 12.0. The van der Waals surface area contributed by atoms with Gasteiger partial charge in [-0.25, -0.2) is 0 Å². The predicted octanol–water partition coefficient (Wildman–Crippen LogP) is 4.13. The van der Waals surface area contributed by atoms with Gasteiger partial charge in [-0.3, -0.25) is 0 Å². The minimum absolute atomic E-state index is 0.338. The highest BCUT2D eigenvalue weighted by Gasteiger charge is 2.09. The summed E-state index contributed by atoms with van der Waals surface area (Å²) in [4.78, 5) is 7.75. The van der Waals surface area contributed by atoms with E-state index >= 15 is 0 Å². The molecule has 0 bridgehead atoms. The molecule has 1 saturated heterocycles. The van der Waals surface area contributed by atoms with Crippen LogP contribution in [0.1, 0.15) is 31.2 Å². The van der Waals surface area contributed by atoms with E-state index in [1.54, 1.807) is 12.1 Å². The first-order valence-corrected chi connectivity index (χ1v) is 7.85. The van der Waals surface area contributed by atoms with Crippen LogP contribution in [0.3, 0.4) is 0 Å². The van der Waals surface area contributed by atoms with Crippen LogP contribution in [-0.4, -0.2) is 36.3 Å². The van der Waals surface area contributed by atoms with E-state index in [0.717, 1.165) is 18.5 Å². The van der Waals surface area contributed by atoms with Crippen molar-refractivity contribution in [1.29, 1.82) is 0 Å². The lowest BCUT2D eigenvalue weighted by atomic mass is 10.1. The summed E-state index contributed by atoms with van der Waals surface area (Å²) in [5.74, 6) is 0. The van der Waals surface area contributed by atoms with E-state index in [-0.39, 0.29) is 0 Å². The monoisotopic (exact) mass is 314 g/mol. The van der Waals surface area contributed by atoms with E-state index in [0.29, 0.717) is 16.8 Å². The van der Waals surface area contributed by atoms with Crippen molar-refractivity contribution < 1.29 is 4.84 Å². The molecule has 0 aliphatic carbocycles. The van der Waals surface area contributed by atoms with E-state index in [4.69, 9.17) is 28.0 Å². The number of halogens is 2. The SMILES string of the molecule is ClC(=NOCCCN1CCCCC1)c1cccc(Cl)c1. The highest BCUT2D eigenvalue weighted by atomic mass is 35.5. The molecule has 0 spiro atoms. The molecule has 0 saturated carbocycles. The van der Waals surface area contributed by atoms with Crippen LogP contribution in [-0.2, 0) is 4.84 Å². The second-order valence-corrected chi connectivity index (χ2v) is 5.78. The summed E-state index contributed by atoms with van der Waals surface area (Å²) in [6, 6.07) is 7.26. The van der Waals surface area contributed by atoms with Gasteiger partial charge in [0.05, 0.1) is 0 Å². The Labute approximate surface area is 130 Å². The fourth-order valence-corrected chi connectivity index (χ4v) is 2.66. The van der Waals surface area contributed by atoms with E-state index in [1.807, 2.05) is 12.1 Å². The maximum atomic E-state index is 6.06. The highest BCUT2D eigenvalue weighted by Crippen LogP contribution is 2.13. The first kappa shape index (κ1) is 15.6. The van der Waals surface area contributed by atoms with Crippen LogP contribution in [0.4, 0.5) is 0 Å². The second kappa shape index (κ2) is 8.50. The molecule has 3 nitrogen and oxygen atoms in total. The fourth-order valence-electron chi connectivity index (χ4n) is 2.31. The lowest BCUT2D eigenvalue weighted by Gasteiger charge is -2.25. The van der Waals surface area contributed by atoms with Gasteiger partial charge in [0.25, 0.3) is 0 Å². The van der Waals surface area contributed by atoms with Gasteiger partial charge in [0.2, 0.25) is 0 Å². The second-order valence-electron chi connectivity index (χ2n) is 4.98. The molecule has 0 N–H and O–H groups in total. The first-order chi connectivity index (χ1) is 9.75. The average molecular weight is 315 g/mol. The third kappa shape index (κ3) is 5.31. The molecule has 0 amide bonds. The van der Waals surface area contributed by atoms with Crippen LogP contribution in [0.5, 0.6) is 0 Å². The minimum atomic E-state index is 0.338. The topological polar surface area (TPSA) is 24.8 Å². The number of likely N-dealkylation sites (tertiary alicyclic amines) is 1. The summed E-state index contributed by atoms with van der Waals surface area (Å²) in [6.45, 7) is 4.09. The van der Waals surface area contributed by atoms with Gasteiger partial charge in [-0.05, 0) is 44.5 Å². The van der Waals surface area contributed by atoms with E-state index in [9.17, 15) is 0 Å². The third-order valence-electron chi connectivity index (χ3n) is 3.37. The molecule has 5 heteroatoms. The Morgan fingerprint density at radius 1 is 1.25 bits per heavy atom. The van der Waals surface area contributed by atoms with Gasteiger partial charge in [0.1, 0.15) is 6.61 Å². The molecule has 1 aliphatic heterocycles. The molecule has 1 aromatic carbocycles. The average Bonchev–Trinajstić information content (AvgIpc) is 2.48. The van der Waals surface area contributed by atoms with Gasteiger partial charge < -0.3 is 9.74 Å². The van der Waals surface area contributed by atoms with Crippen molar-refractivity contribution in [3.63, 3.8) is 0 Å². The van der Waals surface area contributed by atoms with Crippen molar-refractivity contribution in [3.05, 3.63) is 34.9 Å². The molecule has 110 valence electrons. The van der Waals surface area contributed by atoms with E-state index in [1.165, 1.54) is 32.4 Å². The van der Waals surface area contributed by atoms with Gasteiger partial charge in [-0.15, -0.1) is 0 Å². The summed E-state index contributed by atoms with van der Waals surface area (Å²) in [5.41, 5.74) is 0.773. The zero-order chi connectivity index (χ0) is 14.2. The quantitative estimate of drug-likeness (QED) is 0.448. The Hall–Kier alpha value is -0.770. The van der Waals surface area contributed by atoms with Crippen LogP contribution >= 0.6 is 23.2 Å². The molecule has 20 heavy (non-hydrogen) atoms. The van der Waals surface area contributed by atoms with Crippen molar-refractivity contribution in [2.24, 2.45) is 5.16 Å². The Morgan fingerprint density at radius 2 is 2.05 bits per heavy atom. The van der Waals surface area contributed by atoms with Gasteiger partial charge in [0.15, 0.2) is 5.17 Å². The predicted molar refractivity (Wildman–Crippen MR) is 84.7 cm³/mol. The molecule has 1 aliphatic rings. The standard InChI is InChI=1S/C15H20Cl2N2O/c16-14-7-4-6-13(12-14)15(17)18-20-11-5-10-19-8-2-1-3-9-19/h4,6-7,12H,1-3,5,8-11H2. The van der Waals surface area contributed by atoms with E-state index < -0.39 is 0 Å². The van der Waals surface area contributed by atoms with Gasteiger partial charge >= 0.3 is 0 Å². The molecule has 2 rings (SSSR count). The highest BCUT2D eigenvalue weighted by molar-refractivity contribution is 6.69. The van der Waals surface area contributed by atoms with E-state index in [2.05, 4.69) is 10.1 Å². The van der Waals surface area contributed by atoms with Crippen LogP contribution in [0.2, 0.25) is 5.02 Å². The molecule has 0 atom stereocenters. The summed E-state index contributed by atoms with van der Waals surface area (Å²) < 4.78 is 0.